The first kappa shape index (κ1) is 93.3. The van der Waals surface area contributed by atoms with Gasteiger partial charge in [0.2, 0.25) is 17.8 Å². The van der Waals surface area contributed by atoms with Crippen molar-refractivity contribution in [2.75, 3.05) is 87.3 Å². The number of nitrogen functional groups attached to an aromatic ring is 6. The molecule has 11 fully saturated rings. The summed E-state index contributed by atoms with van der Waals surface area (Å²) in [4.78, 5) is 150. The minimum atomic E-state index is -5.17. The van der Waals surface area contributed by atoms with Gasteiger partial charge in [-0.2, -0.15) is 15.0 Å². The lowest BCUT2D eigenvalue weighted by atomic mass is 10.0. The quantitative estimate of drug-likeness (QED) is 0.0816. The molecule has 12 aromatic rings. The Hall–Kier alpha value is -8.02. The van der Waals surface area contributed by atoms with Crippen molar-refractivity contribution in [3.63, 3.8) is 0 Å². The number of ether oxygens (including phenoxy) is 8. The molecule has 0 aromatic carbocycles. The maximum absolute atomic E-state index is 16.0. The lowest BCUT2D eigenvalue weighted by molar-refractivity contribution is -0.183. The molecule has 23 rings (SSSR count). The van der Waals surface area contributed by atoms with Gasteiger partial charge in [0.1, 0.15) is 88.8 Å². The van der Waals surface area contributed by atoms with Crippen molar-refractivity contribution in [1.82, 2.24) is 102 Å². The highest BCUT2D eigenvalue weighted by Crippen LogP contribution is 2.64. The van der Waals surface area contributed by atoms with Gasteiger partial charge in [0, 0.05) is 31.4 Å². The summed E-state index contributed by atoms with van der Waals surface area (Å²) >= 11 is 25.6. The smallest absolute Gasteiger partial charge is 0.397 e. The molecule has 23 heterocycles. The van der Waals surface area contributed by atoms with Gasteiger partial charge in [-0.25, -0.2) is 62.8 Å². The Morgan fingerprint density at radius 3 is 1.23 bits per heavy atom. The largest absolute Gasteiger partial charge is 0.472 e. The predicted octanol–water partition coefficient (Wildman–Crippen LogP) is 1.02. The number of aromatic amines is 3. The molecule has 722 valence electrons. The van der Waals surface area contributed by atoms with Crippen LogP contribution in [-0.2, 0) is 149 Å². The number of hydrogen-bond donors (Lipinski definition) is 15. The number of phosphoric ester groups is 1. The number of pyridine rings is 3. The van der Waals surface area contributed by atoms with Crippen LogP contribution in [0.5, 0.6) is 0 Å². The lowest BCUT2D eigenvalue weighted by Gasteiger charge is -2.33. The van der Waals surface area contributed by atoms with E-state index in [2.05, 4.69) is 87.0 Å². The van der Waals surface area contributed by atoms with Crippen LogP contribution in [0.2, 0.25) is 0 Å². The Balaban J connectivity index is 0.000000121. The molecule has 12 aromatic heterocycles. The van der Waals surface area contributed by atoms with Crippen molar-refractivity contribution in [3.05, 3.63) is 106 Å². The summed E-state index contributed by atoms with van der Waals surface area (Å²) in [7, 11) is -5.17. The molecular weight excluding hydrogens is 2020 g/mol. The SMILES string of the molecule is Nc1nc2c(ncn2[C@@H]2O[C@@H]3COP(=O)(S)OC4[C@H]5OC[C@]4(COP(O)(=S)O[C@@H]2C3)O[C@H]5n2cnc3c(N)ccnc32)c(=O)[nH]1.Nc1nc2c(ncn2[C@@H]2O[C@@H]3COP(O)(=S)OC4[C@H]5OC[C@]4(COP(O)(=S)O[C@@H]2C3)O[C@H]5n2cnc3c(N)ccnc32)c(=O)[nH]1.Nc1nc2c(ncn2[C@@H]2O[C@@H]3COP(O)(=S)O[C@H]4[C@H](F)[C@H](n5cnc6c(N)ccnc65)O[C@@H]4COP(=O)(O)O[C@@H]2[C@@H]3F)c(=O)[nH]1. The molecule has 0 radical (unpaired) electrons. The van der Waals surface area contributed by atoms with E-state index in [4.69, 9.17) is 174 Å². The van der Waals surface area contributed by atoms with Gasteiger partial charge in [-0.15, -0.1) is 0 Å². The first-order valence-corrected chi connectivity index (χ1v) is 54.5. The van der Waals surface area contributed by atoms with Crippen LogP contribution in [0.3, 0.4) is 0 Å². The first-order chi connectivity index (χ1) is 64.2. The summed E-state index contributed by atoms with van der Waals surface area (Å²) in [5.41, 5.74) is 33.8. The summed E-state index contributed by atoms with van der Waals surface area (Å²) in [5, 5.41) is 0. The maximum Gasteiger partial charge on any atom is 0.472 e. The number of hydrogen-bond acceptors (Lipinski definition) is 47. The highest BCUT2D eigenvalue weighted by atomic mass is 32.7. The number of halogens is 2. The molecule has 57 nitrogen and oxygen atoms in total. The Kier molecular flexibility index (Phi) is 24.0. The second-order valence-electron chi connectivity index (χ2n) is 32.0. The zero-order chi connectivity index (χ0) is 94.4. The van der Waals surface area contributed by atoms with E-state index in [1.54, 1.807) is 21.3 Å². The molecule has 0 amide bonds. The van der Waals surface area contributed by atoms with Crippen molar-refractivity contribution < 1.29 is 135 Å². The lowest BCUT2D eigenvalue weighted by Crippen LogP contribution is -2.45. The minimum Gasteiger partial charge on any atom is -0.397 e. The molecule has 8 unspecified atom stereocenters. The number of fused-ring (bicyclic) bond motifs is 13. The molecule has 0 saturated carbocycles. The van der Waals surface area contributed by atoms with E-state index in [0.29, 0.717) is 33.7 Å². The highest BCUT2D eigenvalue weighted by molar-refractivity contribution is 8.44. The zero-order valence-electron chi connectivity index (χ0n) is 68.0. The summed E-state index contributed by atoms with van der Waals surface area (Å²) in [5.74, 6) is -0.570. The van der Waals surface area contributed by atoms with E-state index in [0.717, 1.165) is 10.9 Å². The average molecular weight is 2100 g/mol. The van der Waals surface area contributed by atoms with Gasteiger partial charge in [0.25, 0.3) is 16.7 Å². The summed E-state index contributed by atoms with van der Waals surface area (Å²) in [6.45, 7) is -23.4. The van der Waals surface area contributed by atoms with Gasteiger partial charge < -0.3 is 124 Å². The Morgan fingerprint density at radius 1 is 0.393 bits per heavy atom. The third-order valence-corrected chi connectivity index (χ3v) is 32.2. The number of alkyl halides is 2. The molecule has 135 heavy (non-hydrogen) atoms. The van der Waals surface area contributed by atoms with Crippen molar-refractivity contribution in [3.8, 4) is 0 Å². The number of nitrogens with one attached hydrogen (secondary N) is 3. The van der Waals surface area contributed by atoms with E-state index in [1.807, 2.05) is 0 Å². The van der Waals surface area contributed by atoms with Crippen LogP contribution >= 0.6 is 53.7 Å². The number of rotatable bonds is 6. The molecule has 10 bridgehead atoms. The van der Waals surface area contributed by atoms with Crippen LogP contribution in [0.25, 0.3) is 67.0 Å². The summed E-state index contributed by atoms with van der Waals surface area (Å²) in [6, 6.07) is 4.74. The second kappa shape index (κ2) is 34.7. The van der Waals surface area contributed by atoms with Crippen molar-refractivity contribution in [2.24, 2.45) is 0 Å². The highest BCUT2D eigenvalue weighted by Gasteiger charge is 2.68. The molecule has 0 aliphatic carbocycles. The number of thiol groups is 1. The van der Waals surface area contributed by atoms with Gasteiger partial charge in [-0.3, -0.25) is 83.9 Å². The van der Waals surface area contributed by atoms with Crippen LogP contribution in [0.4, 0.5) is 43.7 Å². The fraction of sp³-hybridized carbons (Fsp3) is 0.492. The fourth-order valence-electron chi connectivity index (χ4n) is 17.4. The first-order valence-electron chi connectivity index (χ1n) is 40.0. The van der Waals surface area contributed by atoms with Crippen molar-refractivity contribution in [1.29, 1.82) is 0 Å². The number of H-pyrrole nitrogens is 3. The number of aromatic nitrogens is 21. The molecule has 20 N–H and O–H groups in total. The number of phosphoric acid groups is 1. The van der Waals surface area contributed by atoms with Gasteiger partial charge in [-0.05, 0) is 65.4 Å². The Bertz CT molecular complexity index is 6980. The third-order valence-electron chi connectivity index (χ3n) is 23.4. The van der Waals surface area contributed by atoms with Crippen LogP contribution in [0, 0.1) is 0 Å². The zero-order valence-corrected chi connectivity index (χ0v) is 77.5. The van der Waals surface area contributed by atoms with Crippen LogP contribution < -0.4 is 51.1 Å². The van der Waals surface area contributed by atoms with Gasteiger partial charge >= 0.3 is 41.5 Å². The standard InChI is InChI=1S/2C22H25N9O10P2S2.C21H23F2N9O10P2S/c2*23-10-1-2-25-16-12(10)26-7-30(16)20-14-15-22(39-20,5-35-14)6-37-43(34,45)40-11-3-9(4-36-42(33,44)41-15)38-19(11)31-8-27-13-17(31)28-21(24)29-18(13)32;22-10-8-3-38-44(36,45)42-14-9(40-19(11(14)23)31-5-27-12-7(24)1-2-26-16(12)31)4-37-43(34,35)41-15(10)20(39-8)32-6-28-13-17(32)29-21(25)30-18(13)33/h2*1-2,7-9,11,14-15,19-20H,3-6H2,(H2,23,25)(H,33,44)(H,34,45)(H3,24,28,29,32);1-2,5-6,8-11,14-15,19-20H,3-4H2,(H2,24,26)(H,34,35)(H,36,45)(H3,25,29,30,33)/t2*9-,11+,14+,15?,19+,20+,22+,42?,43?;8-,9-,10-,11+,14-,15-,19-,20-,44?/m001/s1. The molecule has 70 heteroatoms. The third kappa shape index (κ3) is 17.4. The Labute approximate surface area is 775 Å². The van der Waals surface area contributed by atoms with Gasteiger partial charge in [-0.1, -0.05) is 12.2 Å². The van der Waals surface area contributed by atoms with Crippen molar-refractivity contribution in [2.45, 2.75) is 147 Å². The van der Waals surface area contributed by atoms with E-state index < -0.39 is 206 Å². The fourth-order valence-corrected chi connectivity index (χ4v) is 25.7. The van der Waals surface area contributed by atoms with Crippen LogP contribution in [0.1, 0.15) is 50.2 Å². The molecule has 11 saturated heterocycles. The van der Waals surface area contributed by atoms with Gasteiger partial charge in [0.05, 0.1) is 120 Å². The van der Waals surface area contributed by atoms with E-state index in [1.165, 1.54) is 70.0 Å². The summed E-state index contributed by atoms with van der Waals surface area (Å²) < 4.78 is 184. The summed E-state index contributed by atoms with van der Waals surface area (Å²) in [6.07, 6.45) is -12.1. The van der Waals surface area contributed by atoms with E-state index in [9.17, 15) is 48.0 Å². The van der Waals surface area contributed by atoms with Gasteiger partial charge in [0.15, 0.2) is 100 Å². The number of anilines is 6. The number of imidazole rings is 6. The molecular formula is C65H73F2N27O30P6S5. The topological polar surface area (TPSA) is 759 Å². The molecule has 0 spiro atoms. The molecule has 11 aliphatic heterocycles. The van der Waals surface area contributed by atoms with Crippen molar-refractivity contribution >= 4 is 203 Å². The molecule has 11 aliphatic rings. The van der Waals surface area contributed by atoms with E-state index >= 15 is 8.78 Å². The molecule has 28 atom stereocenters. The monoisotopic (exact) mass is 2100 g/mol. The minimum absolute atomic E-state index is 0.00557. The van der Waals surface area contributed by atoms with Crippen LogP contribution in [0.15, 0.2) is 89.1 Å². The average Bonchev–Trinajstić information content (AvgIpc) is 1.56. The Morgan fingerprint density at radius 2 is 0.770 bits per heavy atom. The predicted molar refractivity (Wildman–Crippen MR) is 471 cm³/mol. The number of nitrogens with zero attached hydrogens (tertiary/aromatic N) is 18. The van der Waals surface area contributed by atoms with Crippen LogP contribution in [-0.4, -0.2) is 276 Å². The number of nitrogens with two attached hydrogens (primary N) is 6. The maximum atomic E-state index is 16.0. The normalized spacial score (nSPS) is 38.3. The van der Waals surface area contributed by atoms with E-state index in [-0.39, 0.29) is 121 Å². The second-order valence-corrected chi connectivity index (χ2v) is 47.4.